The summed E-state index contributed by atoms with van der Waals surface area (Å²) in [5.74, 6) is -0.488. The van der Waals surface area contributed by atoms with Gasteiger partial charge in [-0.25, -0.2) is 0 Å². The van der Waals surface area contributed by atoms with Crippen LogP contribution >= 0.6 is 15.9 Å². The average Bonchev–Trinajstić information content (AvgIpc) is 2.40. The Morgan fingerprint density at radius 3 is 2.60 bits per heavy atom. The molecule has 0 bridgehead atoms. The van der Waals surface area contributed by atoms with Crippen molar-refractivity contribution in [2.75, 3.05) is 5.73 Å². The summed E-state index contributed by atoms with van der Waals surface area (Å²) in [6.07, 6.45) is 0. The van der Waals surface area contributed by atoms with Crippen molar-refractivity contribution in [2.45, 2.75) is 13.2 Å². The van der Waals surface area contributed by atoms with Crippen molar-refractivity contribution >= 4 is 27.5 Å². The van der Waals surface area contributed by atoms with Crippen molar-refractivity contribution < 1.29 is 9.53 Å². The molecule has 4 N–H and O–H groups in total. The minimum Gasteiger partial charge on any atom is -0.398 e. The normalized spacial score (nSPS) is 10.4. The predicted molar refractivity (Wildman–Crippen MR) is 82.0 cm³/mol. The van der Waals surface area contributed by atoms with Crippen LogP contribution < -0.4 is 11.5 Å². The van der Waals surface area contributed by atoms with Gasteiger partial charge in [-0.15, -0.1) is 0 Å². The van der Waals surface area contributed by atoms with Gasteiger partial charge in [-0.3, -0.25) is 4.79 Å². The van der Waals surface area contributed by atoms with Crippen LogP contribution in [-0.4, -0.2) is 5.91 Å². The van der Waals surface area contributed by atoms with Gasteiger partial charge < -0.3 is 16.2 Å². The molecule has 0 atom stereocenters. The molecule has 0 aliphatic carbocycles. The lowest BCUT2D eigenvalue weighted by atomic mass is 10.1. The third-order valence-corrected chi connectivity index (χ3v) is 3.34. The van der Waals surface area contributed by atoms with E-state index in [1.54, 1.807) is 18.2 Å². The number of anilines is 1. The van der Waals surface area contributed by atoms with E-state index in [2.05, 4.69) is 15.9 Å². The molecule has 0 aliphatic rings. The molecule has 0 radical (unpaired) electrons. The van der Waals surface area contributed by atoms with Crippen LogP contribution in [0.2, 0.25) is 0 Å². The third kappa shape index (κ3) is 3.82. The lowest BCUT2D eigenvalue weighted by molar-refractivity contribution is 0.0999. The van der Waals surface area contributed by atoms with E-state index in [1.807, 2.05) is 24.3 Å². The first-order valence-corrected chi connectivity index (χ1v) is 6.86. The maximum atomic E-state index is 11.0. The number of amides is 1. The van der Waals surface area contributed by atoms with Crippen LogP contribution in [0.1, 0.15) is 21.5 Å². The van der Waals surface area contributed by atoms with Crippen LogP contribution in [-0.2, 0) is 18.0 Å². The van der Waals surface area contributed by atoms with Crippen LogP contribution in [0.15, 0.2) is 46.9 Å². The molecule has 1 amide bonds. The van der Waals surface area contributed by atoms with E-state index in [-0.39, 0.29) is 0 Å². The lowest BCUT2D eigenvalue weighted by Crippen LogP contribution is -2.11. The zero-order valence-electron chi connectivity index (χ0n) is 10.8. The average molecular weight is 335 g/mol. The van der Waals surface area contributed by atoms with Crippen molar-refractivity contribution in [3.05, 3.63) is 63.6 Å². The first kappa shape index (κ1) is 14.6. The van der Waals surface area contributed by atoms with Crippen molar-refractivity contribution in [2.24, 2.45) is 5.73 Å². The largest absolute Gasteiger partial charge is 0.398 e. The second-order valence-corrected chi connectivity index (χ2v) is 5.32. The molecule has 2 rings (SSSR count). The summed E-state index contributed by atoms with van der Waals surface area (Å²) in [7, 11) is 0. The predicted octanol–water partition coefficient (Wildman–Crippen LogP) is 2.85. The lowest BCUT2D eigenvalue weighted by Gasteiger charge is -2.08. The molecule has 0 aromatic heterocycles. The highest BCUT2D eigenvalue weighted by Crippen LogP contribution is 2.17. The van der Waals surface area contributed by atoms with Crippen LogP contribution in [0.25, 0.3) is 0 Å². The molecule has 0 saturated heterocycles. The highest BCUT2D eigenvalue weighted by molar-refractivity contribution is 9.10. The van der Waals surface area contributed by atoms with Crippen LogP contribution in [0.3, 0.4) is 0 Å². The fraction of sp³-hybridized carbons (Fsp3) is 0.133. The molecule has 0 spiro atoms. The Kier molecular flexibility index (Phi) is 4.76. The van der Waals surface area contributed by atoms with Crippen molar-refractivity contribution in [3.8, 4) is 0 Å². The van der Waals surface area contributed by atoms with E-state index in [0.29, 0.717) is 24.5 Å². The monoisotopic (exact) mass is 334 g/mol. The SMILES string of the molecule is NC(=O)c1ccc(COCc2cccc(Br)c2)c(N)c1. The minimum absolute atomic E-state index is 0.386. The molecular formula is C15H15BrN2O2. The molecule has 0 heterocycles. The molecule has 0 unspecified atom stereocenters. The van der Waals surface area contributed by atoms with Gasteiger partial charge in [0.05, 0.1) is 13.2 Å². The number of benzene rings is 2. The Morgan fingerprint density at radius 1 is 1.15 bits per heavy atom. The summed E-state index contributed by atoms with van der Waals surface area (Å²) >= 11 is 3.41. The number of primary amides is 1. The molecule has 0 aliphatic heterocycles. The highest BCUT2D eigenvalue weighted by Gasteiger charge is 2.05. The Hall–Kier alpha value is -1.85. The number of nitrogens with two attached hydrogens (primary N) is 2. The quantitative estimate of drug-likeness (QED) is 0.825. The van der Waals surface area contributed by atoms with Gasteiger partial charge in [0.25, 0.3) is 0 Å². The maximum Gasteiger partial charge on any atom is 0.248 e. The van der Waals surface area contributed by atoms with Crippen LogP contribution in [0.5, 0.6) is 0 Å². The molecule has 104 valence electrons. The van der Waals surface area contributed by atoms with E-state index in [9.17, 15) is 4.79 Å². The number of carbonyl (C=O) groups excluding carboxylic acids is 1. The van der Waals surface area contributed by atoms with Gasteiger partial charge >= 0.3 is 0 Å². The summed E-state index contributed by atoms with van der Waals surface area (Å²) in [5, 5.41) is 0. The summed E-state index contributed by atoms with van der Waals surface area (Å²) in [4.78, 5) is 11.0. The number of carbonyl (C=O) groups is 1. The van der Waals surface area contributed by atoms with Gasteiger partial charge in [-0.05, 0) is 29.8 Å². The first-order chi connectivity index (χ1) is 9.56. The Labute approximate surface area is 125 Å². The molecule has 4 nitrogen and oxygen atoms in total. The number of ether oxygens (including phenoxy) is 1. The Morgan fingerprint density at radius 2 is 1.95 bits per heavy atom. The van der Waals surface area contributed by atoms with Crippen LogP contribution in [0.4, 0.5) is 5.69 Å². The van der Waals surface area contributed by atoms with Crippen molar-refractivity contribution in [1.82, 2.24) is 0 Å². The summed E-state index contributed by atoms with van der Waals surface area (Å²) in [6, 6.07) is 12.9. The summed E-state index contributed by atoms with van der Waals surface area (Å²) in [5.41, 5.74) is 13.9. The van der Waals surface area contributed by atoms with Gasteiger partial charge in [-0.2, -0.15) is 0 Å². The molecule has 20 heavy (non-hydrogen) atoms. The molecule has 5 heteroatoms. The highest BCUT2D eigenvalue weighted by atomic mass is 79.9. The van der Waals surface area contributed by atoms with Crippen molar-refractivity contribution in [1.29, 1.82) is 0 Å². The number of hydrogen-bond donors (Lipinski definition) is 2. The number of hydrogen-bond acceptors (Lipinski definition) is 3. The van der Waals surface area contributed by atoms with E-state index in [4.69, 9.17) is 16.2 Å². The Balaban J connectivity index is 1.96. The molecule has 2 aromatic carbocycles. The minimum atomic E-state index is -0.488. The summed E-state index contributed by atoms with van der Waals surface area (Å²) in [6.45, 7) is 0.883. The fourth-order valence-electron chi connectivity index (χ4n) is 1.79. The van der Waals surface area contributed by atoms with E-state index in [1.165, 1.54) is 0 Å². The van der Waals surface area contributed by atoms with E-state index < -0.39 is 5.91 Å². The van der Waals surface area contributed by atoms with Gasteiger partial charge in [-0.1, -0.05) is 34.1 Å². The first-order valence-electron chi connectivity index (χ1n) is 6.06. The second-order valence-electron chi connectivity index (χ2n) is 4.40. The third-order valence-electron chi connectivity index (χ3n) is 2.85. The van der Waals surface area contributed by atoms with E-state index >= 15 is 0 Å². The summed E-state index contributed by atoms with van der Waals surface area (Å²) < 4.78 is 6.64. The van der Waals surface area contributed by atoms with Gasteiger partial charge in [0.15, 0.2) is 0 Å². The zero-order chi connectivity index (χ0) is 14.5. The second kappa shape index (κ2) is 6.54. The Bertz CT molecular complexity index is 629. The van der Waals surface area contributed by atoms with E-state index in [0.717, 1.165) is 15.6 Å². The number of nitrogen functional groups attached to an aromatic ring is 1. The smallest absolute Gasteiger partial charge is 0.248 e. The van der Waals surface area contributed by atoms with Crippen LogP contribution in [0, 0.1) is 0 Å². The maximum absolute atomic E-state index is 11.0. The van der Waals surface area contributed by atoms with Gasteiger partial charge in [0, 0.05) is 21.3 Å². The molecule has 0 fully saturated rings. The van der Waals surface area contributed by atoms with Gasteiger partial charge in [0.2, 0.25) is 5.91 Å². The molecular weight excluding hydrogens is 320 g/mol. The molecule has 0 saturated carbocycles. The standard InChI is InChI=1S/C15H15BrN2O2/c16-13-3-1-2-10(6-13)8-20-9-12-5-4-11(15(18)19)7-14(12)17/h1-7H,8-9,17H2,(H2,18,19). The van der Waals surface area contributed by atoms with Crippen molar-refractivity contribution in [3.63, 3.8) is 0 Å². The topological polar surface area (TPSA) is 78.3 Å². The molecule has 2 aromatic rings. The zero-order valence-corrected chi connectivity index (χ0v) is 12.4. The van der Waals surface area contributed by atoms with Gasteiger partial charge in [0.1, 0.15) is 0 Å². The number of rotatable bonds is 5. The fourth-order valence-corrected chi connectivity index (χ4v) is 2.23. The number of halogens is 1.